The van der Waals surface area contributed by atoms with Gasteiger partial charge < -0.3 is 19.4 Å². The number of hydrogen-bond acceptors (Lipinski definition) is 5. The monoisotopic (exact) mass is 522 g/mol. The van der Waals surface area contributed by atoms with Gasteiger partial charge in [0.05, 0.1) is 12.7 Å². The van der Waals surface area contributed by atoms with E-state index >= 15 is 0 Å². The third-order valence-corrected chi connectivity index (χ3v) is 11.4. The van der Waals surface area contributed by atoms with Crippen molar-refractivity contribution in [3.05, 3.63) is 98.1 Å². The topological polar surface area (TPSA) is 76.0 Å². The number of aliphatic hydroxyl groups is 2. The Kier molecular flexibility index (Phi) is 12.2. The van der Waals surface area contributed by atoms with Crippen LogP contribution < -0.4 is 10.4 Å². The summed E-state index contributed by atoms with van der Waals surface area (Å²) in [7, 11) is -2.85. The van der Waals surface area contributed by atoms with E-state index in [1.807, 2.05) is 48.6 Å². The zero-order valence-corrected chi connectivity index (χ0v) is 23.4. The van der Waals surface area contributed by atoms with Crippen LogP contribution in [0.15, 0.2) is 98.1 Å². The van der Waals surface area contributed by atoms with E-state index in [0.717, 1.165) is 10.4 Å². The molecule has 0 spiro atoms. The molecule has 0 aliphatic heterocycles. The molecule has 200 valence electrons. The minimum Gasteiger partial charge on any atom is -0.457 e. The van der Waals surface area contributed by atoms with Crippen molar-refractivity contribution >= 4 is 24.7 Å². The Morgan fingerprint density at radius 2 is 1.51 bits per heavy atom. The van der Waals surface area contributed by atoms with Gasteiger partial charge >= 0.3 is 5.97 Å². The van der Waals surface area contributed by atoms with Gasteiger partial charge in [-0.2, -0.15) is 0 Å². The highest BCUT2D eigenvalue weighted by Crippen LogP contribution is 2.37. The van der Waals surface area contributed by atoms with E-state index in [2.05, 4.69) is 58.2 Å². The van der Waals surface area contributed by atoms with E-state index in [9.17, 15) is 15.0 Å². The van der Waals surface area contributed by atoms with Crippen LogP contribution in [0, 0.1) is 0 Å². The first kappa shape index (κ1) is 30.5. The molecule has 0 amide bonds. The van der Waals surface area contributed by atoms with Gasteiger partial charge in [0.2, 0.25) is 0 Å². The second-order valence-corrected chi connectivity index (χ2v) is 14.4. The summed E-state index contributed by atoms with van der Waals surface area (Å²) in [5, 5.41) is 22.1. The maximum atomic E-state index is 12.6. The van der Waals surface area contributed by atoms with Crippen LogP contribution in [-0.4, -0.2) is 49.4 Å². The van der Waals surface area contributed by atoms with E-state index in [0.29, 0.717) is 19.3 Å². The quantitative estimate of drug-likeness (QED) is 0.154. The number of carbonyl (C=O) groups is 1. The van der Waals surface area contributed by atoms with Crippen molar-refractivity contribution < 1.29 is 24.2 Å². The second-order valence-electron chi connectivity index (χ2n) is 10.1. The maximum absolute atomic E-state index is 12.6. The van der Waals surface area contributed by atoms with Gasteiger partial charge in [-0.3, -0.25) is 4.79 Å². The molecule has 0 heterocycles. The molecule has 0 unspecified atom stereocenters. The molecule has 0 saturated carbocycles. The molecule has 2 aromatic carbocycles. The predicted octanol–water partition coefficient (Wildman–Crippen LogP) is 4.69. The third-order valence-electron chi connectivity index (χ3n) is 6.35. The Bertz CT molecular complexity index is 958. The normalized spacial score (nSPS) is 14.6. The lowest BCUT2D eigenvalue weighted by atomic mass is 10.2. The molecule has 5 nitrogen and oxygen atoms in total. The molecule has 6 heteroatoms. The van der Waals surface area contributed by atoms with Gasteiger partial charge in [-0.25, -0.2) is 0 Å². The van der Waals surface area contributed by atoms with Gasteiger partial charge in [0, 0.05) is 6.42 Å². The Morgan fingerprint density at radius 1 is 0.946 bits per heavy atom. The van der Waals surface area contributed by atoms with E-state index in [1.54, 1.807) is 0 Å². The van der Waals surface area contributed by atoms with Crippen LogP contribution in [0.5, 0.6) is 0 Å². The summed E-state index contributed by atoms with van der Waals surface area (Å²) in [6.45, 7) is 13.8. The smallest absolute Gasteiger partial charge is 0.306 e. The zero-order chi connectivity index (χ0) is 27.3. The average molecular weight is 523 g/mol. The molecule has 37 heavy (non-hydrogen) atoms. The van der Waals surface area contributed by atoms with Gasteiger partial charge in [0.25, 0.3) is 8.32 Å². The molecule has 0 aliphatic carbocycles. The summed E-state index contributed by atoms with van der Waals surface area (Å²) in [6.07, 6.45) is 6.20. The number of esters is 1. The fourth-order valence-electron chi connectivity index (χ4n) is 4.36. The van der Waals surface area contributed by atoms with Crippen molar-refractivity contribution in [1.82, 2.24) is 0 Å². The van der Waals surface area contributed by atoms with Crippen LogP contribution in [0.3, 0.4) is 0 Å². The number of carbonyl (C=O) groups excluding carboxylic acids is 1. The Balaban J connectivity index is 2.19. The van der Waals surface area contributed by atoms with Crippen LogP contribution >= 0.6 is 0 Å². The van der Waals surface area contributed by atoms with Crippen molar-refractivity contribution in [3.8, 4) is 0 Å². The summed E-state index contributed by atoms with van der Waals surface area (Å²) >= 11 is 0. The minimum absolute atomic E-state index is 0.0472. The molecule has 0 bridgehead atoms. The molecule has 3 atom stereocenters. The Hall–Kier alpha value is -2.77. The third kappa shape index (κ3) is 8.64. The summed E-state index contributed by atoms with van der Waals surface area (Å²) in [6, 6.07) is 20.4. The standard InChI is InChI=1S/C31H42O5Si/c1-6-25(32)18-12-8-9-17-23-30(34)36-29(28(33)7-2)24-35-37(31(3,4)5,26-19-13-10-14-20-26)27-21-15-11-16-22-27/h6-8,10-16,19-22,25,28-29,32-33H,1-2,9,17-18,23-24H2,3-5H3/b12-8-/t25-,28-,29+/m0/s1. The summed E-state index contributed by atoms with van der Waals surface area (Å²) in [4.78, 5) is 12.6. The summed E-state index contributed by atoms with van der Waals surface area (Å²) < 4.78 is 12.6. The van der Waals surface area contributed by atoms with Gasteiger partial charge in [0.15, 0.2) is 6.10 Å². The first-order chi connectivity index (χ1) is 17.7. The average Bonchev–Trinajstić information content (AvgIpc) is 2.90. The number of hydrogen-bond donors (Lipinski definition) is 2. The number of ether oxygens (including phenoxy) is 1. The van der Waals surface area contributed by atoms with Crippen molar-refractivity contribution in [3.63, 3.8) is 0 Å². The van der Waals surface area contributed by atoms with Gasteiger partial charge in [-0.05, 0) is 34.7 Å². The van der Waals surface area contributed by atoms with E-state index in [4.69, 9.17) is 9.16 Å². The lowest BCUT2D eigenvalue weighted by Crippen LogP contribution is -2.67. The van der Waals surface area contributed by atoms with Crippen molar-refractivity contribution in [2.75, 3.05) is 6.61 Å². The largest absolute Gasteiger partial charge is 0.457 e. The first-order valence-corrected chi connectivity index (χ1v) is 14.8. The molecule has 2 rings (SSSR count). The van der Waals surface area contributed by atoms with Crippen LogP contribution in [0.25, 0.3) is 0 Å². The minimum atomic E-state index is -2.85. The number of aliphatic hydroxyl groups excluding tert-OH is 2. The molecule has 0 saturated heterocycles. The Labute approximate surface area is 223 Å². The SMILES string of the molecule is C=C[C@H](O)C/C=C\CCCC(=O)O[C@H](CO[Si](c1ccccc1)(c1ccccc1)C(C)(C)C)[C@@H](O)C=C. The van der Waals surface area contributed by atoms with Crippen molar-refractivity contribution in [2.45, 2.75) is 69.8 Å². The maximum Gasteiger partial charge on any atom is 0.306 e. The second kappa shape index (κ2) is 14.8. The van der Waals surface area contributed by atoms with Gasteiger partial charge in [-0.15, -0.1) is 13.2 Å². The van der Waals surface area contributed by atoms with E-state index in [-0.39, 0.29) is 18.1 Å². The zero-order valence-electron chi connectivity index (χ0n) is 22.4. The fraction of sp³-hybridized carbons (Fsp3) is 0.387. The molecule has 2 N–H and O–H groups in total. The van der Waals surface area contributed by atoms with Crippen LogP contribution in [0.1, 0.15) is 46.5 Å². The highest BCUT2D eigenvalue weighted by Gasteiger charge is 2.50. The van der Waals surface area contributed by atoms with Crippen LogP contribution in [0.4, 0.5) is 0 Å². The highest BCUT2D eigenvalue weighted by molar-refractivity contribution is 6.99. The van der Waals surface area contributed by atoms with E-state index < -0.39 is 32.6 Å². The van der Waals surface area contributed by atoms with Crippen LogP contribution in [-0.2, 0) is 14.0 Å². The molecule has 0 fully saturated rings. The molecule has 0 aromatic heterocycles. The number of allylic oxidation sites excluding steroid dienone is 1. The van der Waals surface area contributed by atoms with Crippen LogP contribution in [0.2, 0.25) is 5.04 Å². The molecule has 0 aliphatic rings. The Morgan fingerprint density at radius 3 is 2.00 bits per heavy atom. The molecule has 0 radical (unpaired) electrons. The van der Waals surface area contributed by atoms with E-state index in [1.165, 1.54) is 12.2 Å². The fourth-order valence-corrected chi connectivity index (χ4v) is 8.93. The van der Waals surface area contributed by atoms with Crippen molar-refractivity contribution in [2.24, 2.45) is 0 Å². The number of unbranched alkanes of at least 4 members (excludes halogenated alkanes) is 1. The summed E-state index contributed by atoms with van der Waals surface area (Å²) in [5.74, 6) is -0.392. The lowest BCUT2D eigenvalue weighted by Gasteiger charge is -2.43. The molecule has 2 aromatic rings. The lowest BCUT2D eigenvalue weighted by molar-refractivity contribution is -0.155. The number of rotatable bonds is 15. The highest BCUT2D eigenvalue weighted by atomic mass is 28.4. The predicted molar refractivity (Wildman–Crippen MR) is 153 cm³/mol. The molecular weight excluding hydrogens is 480 g/mol. The van der Waals surface area contributed by atoms with Gasteiger partial charge in [0.1, 0.15) is 6.10 Å². The first-order valence-electron chi connectivity index (χ1n) is 12.9. The summed E-state index contributed by atoms with van der Waals surface area (Å²) in [5.41, 5.74) is 0. The number of benzene rings is 2. The molecular formula is C31H42O5Si. The van der Waals surface area contributed by atoms with Crippen molar-refractivity contribution in [1.29, 1.82) is 0 Å². The van der Waals surface area contributed by atoms with Gasteiger partial charge in [-0.1, -0.05) is 106 Å².